The number of carbonyl (C=O) groups excluding carboxylic acids is 1. The van der Waals surface area contributed by atoms with Gasteiger partial charge >= 0.3 is 0 Å². The Kier molecular flexibility index (Phi) is 4.11. The van der Waals surface area contributed by atoms with Gasteiger partial charge in [0.1, 0.15) is 11.6 Å². The quantitative estimate of drug-likeness (QED) is 0.696. The molecule has 0 aliphatic rings. The Morgan fingerprint density at radius 3 is 2.43 bits per heavy atom. The van der Waals surface area contributed by atoms with Gasteiger partial charge in [-0.3, -0.25) is 4.79 Å². The number of benzene rings is 2. The lowest BCUT2D eigenvalue weighted by Crippen LogP contribution is -2.15. The van der Waals surface area contributed by atoms with Gasteiger partial charge in [-0.25, -0.2) is 17.6 Å². The zero-order valence-electron chi connectivity index (χ0n) is 10.7. The van der Waals surface area contributed by atoms with Crippen LogP contribution in [0.1, 0.15) is 10.4 Å². The topological polar surface area (TPSA) is 38.3 Å². The molecule has 2 aromatic carbocycles. The minimum atomic E-state index is -1.71. The van der Waals surface area contributed by atoms with Crippen LogP contribution in [0.5, 0.6) is 5.75 Å². The zero-order valence-corrected chi connectivity index (χ0v) is 10.7. The first-order chi connectivity index (χ1) is 9.93. The number of carbonyl (C=O) groups is 1. The summed E-state index contributed by atoms with van der Waals surface area (Å²) in [7, 11) is 1.27. The maximum Gasteiger partial charge on any atom is 0.259 e. The molecule has 1 amide bonds. The first-order valence-corrected chi connectivity index (χ1v) is 5.72. The van der Waals surface area contributed by atoms with Crippen molar-refractivity contribution in [2.75, 3.05) is 12.4 Å². The highest BCUT2D eigenvalue weighted by Crippen LogP contribution is 2.23. The number of amides is 1. The van der Waals surface area contributed by atoms with Gasteiger partial charge in [0.05, 0.1) is 18.4 Å². The summed E-state index contributed by atoms with van der Waals surface area (Å²) in [6, 6.07) is 4.69. The fourth-order valence-electron chi connectivity index (χ4n) is 1.67. The molecule has 0 aromatic heterocycles. The number of ether oxygens (including phenoxy) is 1. The largest absolute Gasteiger partial charge is 0.496 e. The monoisotopic (exact) mass is 299 g/mol. The lowest BCUT2D eigenvalue weighted by atomic mass is 10.1. The zero-order chi connectivity index (χ0) is 15.6. The van der Waals surface area contributed by atoms with Crippen LogP contribution in [-0.4, -0.2) is 13.0 Å². The van der Waals surface area contributed by atoms with E-state index in [0.29, 0.717) is 6.07 Å². The van der Waals surface area contributed by atoms with E-state index >= 15 is 0 Å². The second kappa shape index (κ2) is 5.82. The van der Waals surface area contributed by atoms with E-state index in [1.54, 1.807) is 0 Å². The molecule has 0 unspecified atom stereocenters. The second-order valence-electron chi connectivity index (χ2n) is 4.02. The highest BCUT2D eigenvalue weighted by atomic mass is 19.2. The highest BCUT2D eigenvalue weighted by molar-refractivity contribution is 6.06. The molecule has 110 valence electrons. The van der Waals surface area contributed by atoms with Crippen LogP contribution in [0, 0.1) is 23.3 Å². The van der Waals surface area contributed by atoms with Gasteiger partial charge in [-0.2, -0.15) is 0 Å². The fraction of sp³-hybridized carbons (Fsp3) is 0.0714. The van der Waals surface area contributed by atoms with Crippen molar-refractivity contribution in [3.05, 3.63) is 59.2 Å². The SMILES string of the molecule is COc1ccc(F)cc1C(=O)Nc1ccc(F)c(F)c1F. The van der Waals surface area contributed by atoms with Crippen LogP contribution in [0.15, 0.2) is 30.3 Å². The summed E-state index contributed by atoms with van der Waals surface area (Å²) in [5.41, 5.74) is -0.771. The van der Waals surface area contributed by atoms with Gasteiger partial charge in [-0.15, -0.1) is 0 Å². The number of anilines is 1. The van der Waals surface area contributed by atoms with E-state index < -0.39 is 34.9 Å². The van der Waals surface area contributed by atoms with Gasteiger partial charge in [0.25, 0.3) is 5.91 Å². The third kappa shape index (κ3) is 2.96. The second-order valence-corrected chi connectivity index (χ2v) is 4.02. The maximum absolute atomic E-state index is 13.5. The van der Waals surface area contributed by atoms with E-state index in [9.17, 15) is 22.4 Å². The van der Waals surface area contributed by atoms with Crippen LogP contribution < -0.4 is 10.1 Å². The number of hydrogen-bond donors (Lipinski definition) is 1. The molecular weight excluding hydrogens is 290 g/mol. The van der Waals surface area contributed by atoms with E-state index in [1.165, 1.54) is 13.2 Å². The average Bonchev–Trinajstić information content (AvgIpc) is 2.47. The van der Waals surface area contributed by atoms with Gasteiger partial charge in [0.15, 0.2) is 17.5 Å². The molecule has 0 radical (unpaired) electrons. The van der Waals surface area contributed by atoms with Crippen LogP contribution in [0.4, 0.5) is 23.2 Å². The number of rotatable bonds is 3. The maximum atomic E-state index is 13.5. The molecule has 0 saturated heterocycles. The Morgan fingerprint density at radius 2 is 1.76 bits per heavy atom. The molecule has 0 bridgehead atoms. The molecule has 0 heterocycles. The Morgan fingerprint density at radius 1 is 1.05 bits per heavy atom. The summed E-state index contributed by atoms with van der Waals surface area (Å²) in [5.74, 6) is -6.20. The number of nitrogens with one attached hydrogen (secondary N) is 1. The van der Waals surface area contributed by atoms with Crippen molar-refractivity contribution in [3.8, 4) is 5.75 Å². The molecule has 21 heavy (non-hydrogen) atoms. The summed E-state index contributed by atoms with van der Waals surface area (Å²) in [6.45, 7) is 0. The van der Waals surface area contributed by atoms with E-state index in [2.05, 4.69) is 0 Å². The summed E-state index contributed by atoms with van der Waals surface area (Å²) >= 11 is 0. The van der Waals surface area contributed by atoms with Crippen LogP contribution in [0.25, 0.3) is 0 Å². The van der Waals surface area contributed by atoms with Gasteiger partial charge in [-0.1, -0.05) is 0 Å². The van der Waals surface area contributed by atoms with Crippen molar-refractivity contribution >= 4 is 11.6 Å². The molecule has 2 rings (SSSR count). The number of halogens is 4. The third-order valence-corrected chi connectivity index (χ3v) is 2.69. The molecule has 7 heteroatoms. The normalized spacial score (nSPS) is 10.3. The number of methoxy groups -OCH3 is 1. The Hall–Kier alpha value is -2.57. The molecule has 0 saturated carbocycles. The van der Waals surface area contributed by atoms with Crippen molar-refractivity contribution in [2.24, 2.45) is 0 Å². The molecule has 1 N–H and O–H groups in total. The van der Waals surface area contributed by atoms with Gasteiger partial charge in [0, 0.05) is 0 Å². The Bertz CT molecular complexity index is 704. The van der Waals surface area contributed by atoms with Crippen molar-refractivity contribution in [1.29, 1.82) is 0 Å². The minimum absolute atomic E-state index is 0.0527. The lowest BCUT2D eigenvalue weighted by molar-refractivity contribution is 0.102. The molecule has 0 aliphatic carbocycles. The summed E-state index contributed by atoms with van der Waals surface area (Å²) in [6.07, 6.45) is 0. The van der Waals surface area contributed by atoms with Gasteiger partial charge in [-0.05, 0) is 30.3 Å². The highest BCUT2D eigenvalue weighted by Gasteiger charge is 2.18. The van der Waals surface area contributed by atoms with Crippen LogP contribution in [0.2, 0.25) is 0 Å². The molecular formula is C14H9F4NO2. The van der Waals surface area contributed by atoms with Gasteiger partial charge < -0.3 is 10.1 Å². The first kappa shape index (κ1) is 14.8. The molecule has 2 aromatic rings. The standard InChI is InChI=1S/C14H9F4NO2/c1-21-11-5-2-7(15)6-8(11)14(20)19-10-4-3-9(16)12(17)13(10)18/h2-6H,1H3,(H,19,20). The average molecular weight is 299 g/mol. The van der Waals surface area contributed by atoms with Crippen molar-refractivity contribution in [3.63, 3.8) is 0 Å². The van der Waals surface area contributed by atoms with E-state index in [1.807, 2.05) is 5.32 Å². The lowest BCUT2D eigenvalue weighted by Gasteiger charge is -2.10. The smallest absolute Gasteiger partial charge is 0.259 e. The molecule has 0 fully saturated rings. The molecule has 3 nitrogen and oxygen atoms in total. The van der Waals surface area contributed by atoms with Crippen molar-refractivity contribution in [1.82, 2.24) is 0 Å². The van der Waals surface area contributed by atoms with E-state index in [-0.39, 0.29) is 11.3 Å². The van der Waals surface area contributed by atoms with Gasteiger partial charge in [0.2, 0.25) is 0 Å². The van der Waals surface area contributed by atoms with Crippen LogP contribution in [0.3, 0.4) is 0 Å². The van der Waals surface area contributed by atoms with Crippen molar-refractivity contribution < 1.29 is 27.1 Å². The van der Waals surface area contributed by atoms with E-state index in [0.717, 1.165) is 18.2 Å². The van der Waals surface area contributed by atoms with Crippen LogP contribution in [-0.2, 0) is 0 Å². The Balaban J connectivity index is 2.35. The minimum Gasteiger partial charge on any atom is -0.496 e. The fourth-order valence-corrected chi connectivity index (χ4v) is 1.67. The van der Waals surface area contributed by atoms with Crippen molar-refractivity contribution in [2.45, 2.75) is 0 Å². The summed E-state index contributed by atoms with van der Waals surface area (Å²) < 4.78 is 57.4. The van der Waals surface area contributed by atoms with Crippen LogP contribution >= 0.6 is 0 Å². The molecule has 0 atom stereocenters. The first-order valence-electron chi connectivity index (χ1n) is 5.72. The summed E-state index contributed by atoms with van der Waals surface area (Å²) in [4.78, 5) is 12.0. The Labute approximate surface area is 117 Å². The van der Waals surface area contributed by atoms with E-state index in [4.69, 9.17) is 4.74 Å². The predicted molar refractivity (Wildman–Crippen MR) is 67.2 cm³/mol. The third-order valence-electron chi connectivity index (χ3n) is 2.69. The summed E-state index contributed by atoms with van der Waals surface area (Å²) in [5, 5.41) is 2.03. The molecule has 0 aliphatic heterocycles. The predicted octanol–water partition coefficient (Wildman–Crippen LogP) is 3.50. The number of hydrogen-bond acceptors (Lipinski definition) is 2. The molecule has 0 spiro atoms.